The first-order valence-corrected chi connectivity index (χ1v) is 12.1. The standard InChI is InChI=1S/C17H18ClN9O5S2/c1-2-6-5-33-16-10(15(31)27(16)11(6)13-22-25-26-23-13)20-14(30)9(24-32-4-3-7(28)29)8-12(18)34-17(19)21-8/h10,16H,2-5H2,1H3,(H2,19,21)(H,20,30)(H,28,29)(H,22,23,25,26)/b24-9-/t10-,16-/m1/s1. The van der Waals surface area contributed by atoms with Crippen molar-refractivity contribution in [3.63, 3.8) is 0 Å². The third kappa shape index (κ3) is 4.55. The van der Waals surface area contributed by atoms with Crippen LogP contribution >= 0.6 is 34.7 Å². The summed E-state index contributed by atoms with van der Waals surface area (Å²) in [4.78, 5) is 47.4. The van der Waals surface area contributed by atoms with Crippen molar-refractivity contribution in [3.8, 4) is 0 Å². The lowest BCUT2D eigenvalue weighted by Gasteiger charge is -2.50. The number of oxime groups is 1. The third-order valence-corrected chi connectivity index (χ3v) is 7.36. The Morgan fingerprint density at radius 3 is 2.88 bits per heavy atom. The lowest BCUT2D eigenvalue weighted by molar-refractivity contribution is -0.143. The second-order valence-corrected chi connectivity index (χ2v) is 9.75. The SMILES string of the molecule is CCC1=C(c2nnn[nH]2)N2C(=O)[C@@H](NC(=O)/C(=N\OCCC(=O)O)c3nc(N)sc3Cl)[C@H]2SC1. The highest BCUT2D eigenvalue weighted by Crippen LogP contribution is 2.43. The van der Waals surface area contributed by atoms with Crippen LogP contribution in [0.15, 0.2) is 10.7 Å². The van der Waals surface area contributed by atoms with Crippen LogP contribution in [0.2, 0.25) is 4.34 Å². The van der Waals surface area contributed by atoms with Gasteiger partial charge in [0.25, 0.3) is 11.8 Å². The molecule has 1 fully saturated rings. The maximum absolute atomic E-state index is 13.1. The van der Waals surface area contributed by atoms with Gasteiger partial charge in [-0.1, -0.05) is 35.0 Å². The quantitative estimate of drug-likeness (QED) is 0.151. The highest BCUT2D eigenvalue weighted by atomic mass is 35.5. The van der Waals surface area contributed by atoms with Gasteiger partial charge in [-0.3, -0.25) is 19.3 Å². The molecular weight excluding hydrogens is 510 g/mol. The summed E-state index contributed by atoms with van der Waals surface area (Å²) >= 11 is 8.56. The minimum absolute atomic E-state index is 0.0292. The fourth-order valence-corrected chi connectivity index (χ4v) is 5.73. The van der Waals surface area contributed by atoms with Crippen molar-refractivity contribution in [2.24, 2.45) is 5.16 Å². The summed E-state index contributed by atoms with van der Waals surface area (Å²) in [5, 5.41) is 28.7. The average molecular weight is 528 g/mol. The molecule has 180 valence electrons. The Hall–Kier alpha value is -3.24. The van der Waals surface area contributed by atoms with Crippen LogP contribution in [0.3, 0.4) is 0 Å². The monoisotopic (exact) mass is 527 g/mol. The Balaban J connectivity index is 1.54. The summed E-state index contributed by atoms with van der Waals surface area (Å²) in [5.74, 6) is -1.21. The van der Waals surface area contributed by atoms with Crippen LogP contribution in [-0.4, -0.2) is 82.9 Å². The van der Waals surface area contributed by atoms with E-state index in [1.165, 1.54) is 11.8 Å². The van der Waals surface area contributed by atoms with Gasteiger partial charge in [-0.2, -0.15) is 0 Å². The molecule has 0 radical (unpaired) electrons. The highest BCUT2D eigenvalue weighted by Gasteiger charge is 2.53. The molecule has 17 heteroatoms. The Morgan fingerprint density at radius 1 is 1.47 bits per heavy atom. The Bertz CT molecular complexity index is 1180. The first-order chi connectivity index (χ1) is 16.3. The van der Waals surface area contributed by atoms with E-state index in [-0.39, 0.29) is 39.8 Å². The number of hydrogen-bond donors (Lipinski definition) is 4. The number of nitrogens with two attached hydrogens (primary N) is 1. The smallest absolute Gasteiger partial charge is 0.306 e. The first-order valence-electron chi connectivity index (χ1n) is 9.87. The summed E-state index contributed by atoms with van der Waals surface area (Å²) in [7, 11) is 0. The molecule has 2 atom stereocenters. The minimum atomic E-state index is -1.09. The van der Waals surface area contributed by atoms with Crippen LogP contribution in [0.4, 0.5) is 5.13 Å². The molecule has 0 saturated carbocycles. The number of thiazole rings is 1. The van der Waals surface area contributed by atoms with Crippen molar-refractivity contribution in [3.05, 3.63) is 21.4 Å². The number of aliphatic carboxylic acids is 1. The number of carbonyl (C=O) groups is 3. The normalized spacial score (nSPS) is 20.1. The van der Waals surface area contributed by atoms with Gasteiger partial charge in [0.05, 0.1) is 12.1 Å². The summed E-state index contributed by atoms with van der Waals surface area (Å²) in [5.41, 5.74) is 6.93. The Morgan fingerprint density at radius 2 is 2.26 bits per heavy atom. The maximum atomic E-state index is 13.1. The van der Waals surface area contributed by atoms with Gasteiger partial charge in [0.2, 0.25) is 0 Å². The number of hydrogen-bond acceptors (Lipinski definition) is 12. The molecule has 2 aliphatic heterocycles. The number of aromatic amines is 1. The van der Waals surface area contributed by atoms with Crippen molar-refractivity contribution in [2.75, 3.05) is 18.1 Å². The molecule has 0 aliphatic carbocycles. The Labute approximate surface area is 204 Å². The van der Waals surface area contributed by atoms with E-state index in [1.54, 1.807) is 4.90 Å². The van der Waals surface area contributed by atoms with Crippen LogP contribution in [0, 0.1) is 0 Å². The number of anilines is 1. The number of carbonyl (C=O) groups excluding carboxylic acids is 2. The molecule has 14 nitrogen and oxygen atoms in total. The van der Waals surface area contributed by atoms with Gasteiger partial charge in [-0.05, 0) is 22.4 Å². The molecule has 1 saturated heterocycles. The predicted octanol–water partition coefficient (Wildman–Crippen LogP) is 0.308. The number of tetrazole rings is 1. The number of rotatable bonds is 9. The number of H-pyrrole nitrogens is 1. The zero-order valence-electron chi connectivity index (χ0n) is 17.5. The number of aromatic nitrogens is 5. The molecule has 2 aliphatic rings. The summed E-state index contributed by atoms with van der Waals surface area (Å²) in [6.45, 7) is 1.69. The molecule has 5 N–H and O–H groups in total. The molecule has 2 amide bonds. The van der Waals surface area contributed by atoms with Gasteiger partial charge in [0, 0.05) is 5.75 Å². The van der Waals surface area contributed by atoms with Gasteiger partial charge >= 0.3 is 5.97 Å². The van der Waals surface area contributed by atoms with E-state index >= 15 is 0 Å². The number of nitrogens with zero attached hydrogens (tertiary/aromatic N) is 6. The summed E-state index contributed by atoms with van der Waals surface area (Å²) < 4.78 is 0.0949. The van der Waals surface area contributed by atoms with Gasteiger partial charge in [-0.25, -0.2) is 10.1 Å². The highest BCUT2D eigenvalue weighted by molar-refractivity contribution is 8.00. The molecule has 0 unspecified atom stereocenters. The lowest BCUT2D eigenvalue weighted by Crippen LogP contribution is -2.70. The van der Waals surface area contributed by atoms with Crippen LogP contribution in [0.5, 0.6) is 0 Å². The fraction of sp³-hybridized carbons (Fsp3) is 0.412. The number of thioether (sulfide) groups is 1. The van der Waals surface area contributed by atoms with Crippen molar-refractivity contribution in [1.29, 1.82) is 0 Å². The van der Waals surface area contributed by atoms with Gasteiger partial charge < -0.3 is 21.0 Å². The number of β-lactam (4-membered cyclic amide) rings is 1. The first kappa shape index (κ1) is 23.9. The second kappa shape index (κ2) is 9.94. The number of fused-ring (bicyclic) bond motifs is 1. The minimum Gasteiger partial charge on any atom is -0.481 e. The van der Waals surface area contributed by atoms with E-state index in [4.69, 9.17) is 27.3 Å². The summed E-state index contributed by atoms with van der Waals surface area (Å²) in [6.07, 6.45) is 0.371. The van der Waals surface area contributed by atoms with E-state index < -0.39 is 23.3 Å². The molecule has 2 aromatic rings. The molecule has 2 aromatic heterocycles. The van der Waals surface area contributed by atoms with Gasteiger partial charge in [0.1, 0.15) is 28.1 Å². The van der Waals surface area contributed by atoms with Crippen molar-refractivity contribution in [2.45, 2.75) is 31.2 Å². The van der Waals surface area contributed by atoms with Crippen LogP contribution < -0.4 is 11.1 Å². The van der Waals surface area contributed by atoms with Crippen molar-refractivity contribution >= 4 is 69.0 Å². The van der Waals surface area contributed by atoms with Gasteiger partial charge in [-0.15, -0.1) is 16.9 Å². The molecule has 0 aromatic carbocycles. The zero-order valence-corrected chi connectivity index (χ0v) is 19.9. The van der Waals surface area contributed by atoms with E-state index in [9.17, 15) is 14.4 Å². The summed E-state index contributed by atoms with van der Waals surface area (Å²) in [6, 6.07) is -0.860. The average Bonchev–Trinajstić information content (AvgIpc) is 3.45. The number of nitrogens with one attached hydrogen (secondary N) is 2. The van der Waals surface area contributed by atoms with Gasteiger partial charge in [0.15, 0.2) is 16.7 Å². The lowest BCUT2D eigenvalue weighted by atomic mass is 10.0. The topological polar surface area (TPSA) is 202 Å². The second-order valence-electron chi connectivity index (χ2n) is 7.01. The molecule has 34 heavy (non-hydrogen) atoms. The zero-order chi connectivity index (χ0) is 24.4. The number of amides is 2. The number of nitrogen functional groups attached to an aromatic ring is 1. The van der Waals surface area contributed by atoms with E-state index in [0.717, 1.165) is 16.9 Å². The fourth-order valence-electron chi connectivity index (χ4n) is 3.35. The predicted molar refractivity (Wildman–Crippen MR) is 123 cm³/mol. The molecule has 0 spiro atoms. The molecule has 4 heterocycles. The molecule has 4 rings (SSSR count). The van der Waals surface area contributed by atoms with Crippen LogP contribution in [-0.2, 0) is 19.2 Å². The van der Waals surface area contributed by atoms with E-state index in [1.807, 2.05) is 6.92 Å². The van der Waals surface area contributed by atoms with Crippen molar-refractivity contribution in [1.82, 2.24) is 35.8 Å². The number of carboxylic acid groups (broad SMARTS) is 1. The van der Waals surface area contributed by atoms with Crippen LogP contribution in [0.25, 0.3) is 5.70 Å². The van der Waals surface area contributed by atoms with Crippen molar-refractivity contribution < 1.29 is 24.3 Å². The molecular formula is C17H18ClN9O5S2. The van der Waals surface area contributed by atoms with E-state index in [0.29, 0.717) is 23.7 Å². The third-order valence-electron chi connectivity index (χ3n) is 4.94. The number of halogens is 1. The van der Waals surface area contributed by atoms with Crippen LogP contribution in [0.1, 0.15) is 31.3 Å². The maximum Gasteiger partial charge on any atom is 0.306 e. The largest absolute Gasteiger partial charge is 0.481 e. The van der Waals surface area contributed by atoms with E-state index in [2.05, 4.69) is 36.1 Å². The Kier molecular flexibility index (Phi) is 6.99. The number of carboxylic acids is 1. The molecule has 0 bridgehead atoms.